The molecular formula is C17H24BrNO2. The zero-order chi connectivity index (χ0) is 14.7. The fourth-order valence-electron chi connectivity index (χ4n) is 3.38. The van der Waals surface area contributed by atoms with Crippen molar-refractivity contribution in [2.24, 2.45) is 5.92 Å². The van der Waals surface area contributed by atoms with Gasteiger partial charge in [-0.1, -0.05) is 26.2 Å². The maximum atomic E-state index is 5.69. The second kappa shape index (κ2) is 7.01. The number of hydrogen-bond acceptors (Lipinski definition) is 3. The fraction of sp³-hybridized carbons (Fsp3) is 0.647. The smallest absolute Gasteiger partial charge is 0.175 e. The molecule has 1 aliphatic carbocycles. The summed E-state index contributed by atoms with van der Waals surface area (Å²) in [5, 5.41) is 3.72. The number of halogens is 1. The third-order valence-electron chi connectivity index (χ3n) is 4.61. The standard InChI is InChI=1S/C17H24BrNO2/c1-2-12-4-3-5-14(8-12)19-11-13-9-15(18)17-16(10-13)20-6-7-21-17/h9-10,12,14,19H,2-8,11H2,1H3. The SMILES string of the molecule is CCC1CCCC(NCc2cc(Br)c3c(c2)OCCO3)C1. The van der Waals surface area contributed by atoms with Crippen LogP contribution in [0.1, 0.15) is 44.6 Å². The molecule has 1 aliphatic heterocycles. The summed E-state index contributed by atoms with van der Waals surface area (Å²) in [4.78, 5) is 0. The highest BCUT2D eigenvalue weighted by molar-refractivity contribution is 9.10. The van der Waals surface area contributed by atoms with E-state index in [-0.39, 0.29) is 0 Å². The summed E-state index contributed by atoms with van der Waals surface area (Å²) in [6.45, 7) is 4.47. The molecule has 4 heteroatoms. The highest BCUT2D eigenvalue weighted by Crippen LogP contribution is 2.38. The first-order valence-corrected chi connectivity index (χ1v) is 8.87. The van der Waals surface area contributed by atoms with Crippen LogP contribution in [0, 0.1) is 5.92 Å². The number of fused-ring (bicyclic) bond motifs is 1. The average Bonchev–Trinajstić information content (AvgIpc) is 2.53. The van der Waals surface area contributed by atoms with Gasteiger partial charge in [0.1, 0.15) is 13.2 Å². The van der Waals surface area contributed by atoms with Crippen molar-refractivity contribution in [3.05, 3.63) is 22.2 Å². The van der Waals surface area contributed by atoms with E-state index in [1.165, 1.54) is 37.7 Å². The zero-order valence-electron chi connectivity index (χ0n) is 12.7. The second-order valence-electron chi connectivity index (χ2n) is 6.12. The summed E-state index contributed by atoms with van der Waals surface area (Å²) in [6.07, 6.45) is 6.71. The first-order chi connectivity index (χ1) is 10.3. The van der Waals surface area contributed by atoms with Gasteiger partial charge in [0.2, 0.25) is 0 Å². The van der Waals surface area contributed by atoms with Crippen molar-refractivity contribution in [2.45, 2.75) is 51.6 Å². The van der Waals surface area contributed by atoms with Crippen LogP contribution in [0.3, 0.4) is 0 Å². The third-order valence-corrected chi connectivity index (χ3v) is 5.20. The Bertz CT molecular complexity index is 492. The largest absolute Gasteiger partial charge is 0.486 e. The van der Waals surface area contributed by atoms with Gasteiger partial charge in [0.25, 0.3) is 0 Å². The van der Waals surface area contributed by atoms with Crippen molar-refractivity contribution in [1.82, 2.24) is 5.32 Å². The molecule has 21 heavy (non-hydrogen) atoms. The van der Waals surface area contributed by atoms with Crippen LogP contribution in [0.5, 0.6) is 11.5 Å². The molecule has 0 bridgehead atoms. The van der Waals surface area contributed by atoms with Gasteiger partial charge < -0.3 is 14.8 Å². The van der Waals surface area contributed by atoms with Gasteiger partial charge in [-0.05, 0) is 52.4 Å². The van der Waals surface area contributed by atoms with Crippen LogP contribution in [0.2, 0.25) is 0 Å². The molecule has 1 aromatic carbocycles. The van der Waals surface area contributed by atoms with Crippen molar-refractivity contribution >= 4 is 15.9 Å². The number of nitrogens with one attached hydrogen (secondary N) is 1. The van der Waals surface area contributed by atoms with Gasteiger partial charge in [0.15, 0.2) is 11.5 Å². The third kappa shape index (κ3) is 3.72. The minimum Gasteiger partial charge on any atom is -0.486 e. The molecule has 1 aromatic rings. The molecule has 1 fully saturated rings. The van der Waals surface area contributed by atoms with Crippen LogP contribution in [-0.2, 0) is 6.54 Å². The first kappa shape index (κ1) is 15.2. The molecule has 1 N–H and O–H groups in total. The maximum Gasteiger partial charge on any atom is 0.175 e. The van der Waals surface area contributed by atoms with E-state index in [4.69, 9.17) is 9.47 Å². The Morgan fingerprint density at radius 3 is 2.95 bits per heavy atom. The van der Waals surface area contributed by atoms with Crippen molar-refractivity contribution in [2.75, 3.05) is 13.2 Å². The van der Waals surface area contributed by atoms with Crippen LogP contribution in [-0.4, -0.2) is 19.3 Å². The van der Waals surface area contributed by atoms with Gasteiger partial charge >= 0.3 is 0 Å². The lowest BCUT2D eigenvalue weighted by Gasteiger charge is -2.29. The number of ether oxygens (including phenoxy) is 2. The topological polar surface area (TPSA) is 30.5 Å². The van der Waals surface area contributed by atoms with E-state index in [0.29, 0.717) is 19.3 Å². The van der Waals surface area contributed by atoms with E-state index < -0.39 is 0 Å². The number of rotatable bonds is 4. The zero-order valence-corrected chi connectivity index (χ0v) is 14.2. The monoisotopic (exact) mass is 353 g/mol. The van der Waals surface area contributed by atoms with Crippen molar-refractivity contribution in [3.63, 3.8) is 0 Å². The van der Waals surface area contributed by atoms with E-state index in [0.717, 1.165) is 28.4 Å². The van der Waals surface area contributed by atoms with Crippen LogP contribution in [0.15, 0.2) is 16.6 Å². The van der Waals surface area contributed by atoms with E-state index in [1.807, 2.05) is 0 Å². The molecule has 1 heterocycles. The Hall–Kier alpha value is -0.740. The molecule has 0 amide bonds. The molecule has 2 unspecified atom stereocenters. The summed E-state index contributed by atoms with van der Waals surface area (Å²) in [5.74, 6) is 2.61. The first-order valence-electron chi connectivity index (χ1n) is 8.07. The van der Waals surface area contributed by atoms with Crippen LogP contribution in [0.25, 0.3) is 0 Å². The molecule has 2 atom stereocenters. The lowest BCUT2D eigenvalue weighted by molar-refractivity contribution is 0.170. The molecule has 2 aliphatic rings. The lowest BCUT2D eigenvalue weighted by Crippen LogP contribution is -2.33. The van der Waals surface area contributed by atoms with Gasteiger partial charge in [-0.3, -0.25) is 0 Å². The predicted molar refractivity (Wildman–Crippen MR) is 88.0 cm³/mol. The van der Waals surface area contributed by atoms with E-state index >= 15 is 0 Å². The molecule has 0 radical (unpaired) electrons. The summed E-state index contributed by atoms with van der Waals surface area (Å²) in [5.41, 5.74) is 1.25. The van der Waals surface area contributed by atoms with Gasteiger partial charge in [0.05, 0.1) is 4.47 Å². The minimum atomic E-state index is 0.629. The van der Waals surface area contributed by atoms with Crippen molar-refractivity contribution in [3.8, 4) is 11.5 Å². The van der Waals surface area contributed by atoms with Crippen LogP contribution in [0.4, 0.5) is 0 Å². The molecule has 3 nitrogen and oxygen atoms in total. The molecule has 0 saturated heterocycles. The van der Waals surface area contributed by atoms with Crippen molar-refractivity contribution in [1.29, 1.82) is 0 Å². The Labute approximate surface area is 135 Å². The predicted octanol–water partition coefficient (Wildman–Crippen LogP) is 4.28. The second-order valence-corrected chi connectivity index (χ2v) is 6.97. The molecule has 3 rings (SSSR count). The van der Waals surface area contributed by atoms with Gasteiger partial charge in [-0.25, -0.2) is 0 Å². The van der Waals surface area contributed by atoms with E-state index in [9.17, 15) is 0 Å². The van der Waals surface area contributed by atoms with E-state index in [2.05, 4.69) is 40.3 Å². The van der Waals surface area contributed by atoms with E-state index in [1.54, 1.807) is 0 Å². The van der Waals surface area contributed by atoms with Crippen molar-refractivity contribution < 1.29 is 9.47 Å². The fourth-order valence-corrected chi connectivity index (χ4v) is 3.98. The molecule has 1 saturated carbocycles. The quantitative estimate of drug-likeness (QED) is 0.876. The van der Waals surface area contributed by atoms with Gasteiger partial charge in [-0.2, -0.15) is 0 Å². The van der Waals surface area contributed by atoms with Gasteiger partial charge in [0, 0.05) is 12.6 Å². The van der Waals surface area contributed by atoms with Crippen LogP contribution >= 0.6 is 15.9 Å². The van der Waals surface area contributed by atoms with Crippen LogP contribution < -0.4 is 14.8 Å². The summed E-state index contributed by atoms with van der Waals surface area (Å²) in [7, 11) is 0. The minimum absolute atomic E-state index is 0.629. The Kier molecular flexibility index (Phi) is 5.07. The Balaban J connectivity index is 1.61. The lowest BCUT2D eigenvalue weighted by atomic mass is 9.84. The normalized spacial score (nSPS) is 24.9. The summed E-state index contributed by atoms with van der Waals surface area (Å²) >= 11 is 3.59. The summed E-state index contributed by atoms with van der Waals surface area (Å²) in [6, 6.07) is 4.91. The number of hydrogen-bond donors (Lipinski definition) is 1. The maximum absolute atomic E-state index is 5.69. The van der Waals surface area contributed by atoms with Gasteiger partial charge in [-0.15, -0.1) is 0 Å². The molecular weight excluding hydrogens is 330 g/mol. The Morgan fingerprint density at radius 1 is 1.24 bits per heavy atom. The highest BCUT2D eigenvalue weighted by atomic mass is 79.9. The average molecular weight is 354 g/mol. The molecule has 0 aromatic heterocycles. The molecule has 0 spiro atoms. The Morgan fingerprint density at radius 2 is 2.10 bits per heavy atom. The highest BCUT2D eigenvalue weighted by Gasteiger charge is 2.21. The molecule has 116 valence electrons. The number of benzene rings is 1. The summed E-state index contributed by atoms with van der Waals surface area (Å²) < 4.78 is 12.3.